The van der Waals surface area contributed by atoms with Gasteiger partial charge in [-0.25, -0.2) is 4.79 Å². The van der Waals surface area contributed by atoms with Gasteiger partial charge >= 0.3 is 18.4 Å². The first kappa shape index (κ1) is 24.5. The van der Waals surface area contributed by atoms with Crippen molar-refractivity contribution in [1.29, 1.82) is 0 Å². The Hall–Kier alpha value is -4.10. The second-order valence-electron chi connectivity index (χ2n) is 6.77. The predicted octanol–water partition coefficient (Wildman–Crippen LogP) is 4.89. The Morgan fingerprint density at radius 3 is 2.03 bits per heavy atom. The van der Waals surface area contributed by atoms with Crippen LogP contribution in [-0.4, -0.2) is 34.3 Å². The van der Waals surface area contributed by atoms with Gasteiger partial charge in [0.2, 0.25) is 0 Å². The number of carbonyl (C=O) groups excluding carboxylic acids is 1. The molecule has 0 saturated carbocycles. The molecule has 180 valence electrons. The van der Waals surface area contributed by atoms with Crippen molar-refractivity contribution in [3.63, 3.8) is 0 Å². The van der Waals surface area contributed by atoms with Crippen molar-refractivity contribution < 1.29 is 31.1 Å². The number of halogens is 6. The normalized spacial score (nSPS) is 11.6. The molecule has 0 radical (unpaired) electrons. The zero-order valence-electron chi connectivity index (χ0n) is 17.1. The van der Waals surface area contributed by atoms with Gasteiger partial charge in [0, 0.05) is 25.0 Å². The maximum Gasteiger partial charge on any atom is 0.416 e. The van der Waals surface area contributed by atoms with Crippen LogP contribution in [0.4, 0.5) is 54.1 Å². The molecule has 8 nitrogen and oxygen atoms in total. The fraction of sp³-hybridized carbons (Fsp3) is 0.200. The zero-order chi connectivity index (χ0) is 24.8. The van der Waals surface area contributed by atoms with E-state index in [0.29, 0.717) is 23.8 Å². The molecule has 2 amide bonds. The first-order valence-corrected chi connectivity index (χ1v) is 9.60. The molecule has 0 saturated heterocycles. The Kier molecular flexibility index (Phi) is 7.38. The molecular formula is C20H17F6N7O. The number of pyridine rings is 1. The first-order valence-electron chi connectivity index (χ1n) is 9.60. The van der Waals surface area contributed by atoms with Crippen LogP contribution in [0.25, 0.3) is 0 Å². The zero-order valence-corrected chi connectivity index (χ0v) is 17.1. The second-order valence-corrected chi connectivity index (χ2v) is 6.77. The van der Waals surface area contributed by atoms with Crippen LogP contribution >= 0.6 is 0 Å². The number of nitrogens with one attached hydrogen (secondary N) is 4. The van der Waals surface area contributed by atoms with Crippen LogP contribution in [0.1, 0.15) is 11.1 Å². The van der Waals surface area contributed by atoms with E-state index in [2.05, 4.69) is 31.1 Å². The van der Waals surface area contributed by atoms with Crippen molar-refractivity contribution in [3.8, 4) is 0 Å². The lowest BCUT2D eigenvalue weighted by Crippen LogP contribution is -2.33. The summed E-state index contributed by atoms with van der Waals surface area (Å²) in [5, 5.41) is 18.1. The summed E-state index contributed by atoms with van der Waals surface area (Å²) < 4.78 is 77.4. The number of benzene rings is 1. The van der Waals surface area contributed by atoms with E-state index in [4.69, 9.17) is 0 Å². The topological polar surface area (TPSA) is 104 Å². The molecule has 3 rings (SSSR count). The van der Waals surface area contributed by atoms with E-state index in [1.54, 1.807) is 36.7 Å². The average molecular weight is 485 g/mol. The molecule has 14 heteroatoms. The van der Waals surface area contributed by atoms with Gasteiger partial charge in [-0.2, -0.15) is 26.3 Å². The largest absolute Gasteiger partial charge is 0.416 e. The maximum absolute atomic E-state index is 12.9. The Bertz CT molecular complexity index is 1070. The molecule has 34 heavy (non-hydrogen) atoms. The summed E-state index contributed by atoms with van der Waals surface area (Å²) in [6.07, 6.45) is -6.80. The quantitative estimate of drug-likeness (QED) is 0.281. The summed E-state index contributed by atoms with van der Waals surface area (Å²) in [6, 6.07) is 6.65. The van der Waals surface area contributed by atoms with E-state index in [1.165, 1.54) is 0 Å². The summed E-state index contributed by atoms with van der Waals surface area (Å²) >= 11 is 0. The number of aromatic nitrogens is 3. The smallest absolute Gasteiger partial charge is 0.367 e. The highest BCUT2D eigenvalue weighted by Gasteiger charge is 2.37. The molecule has 0 unspecified atom stereocenters. The molecule has 0 fully saturated rings. The third-order valence-corrected chi connectivity index (χ3v) is 4.16. The highest BCUT2D eigenvalue weighted by atomic mass is 19.4. The molecular weight excluding hydrogens is 468 g/mol. The lowest BCUT2D eigenvalue weighted by Gasteiger charge is -2.15. The Morgan fingerprint density at radius 2 is 1.47 bits per heavy atom. The van der Waals surface area contributed by atoms with Gasteiger partial charge in [-0.15, -0.1) is 10.2 Å². The van der Waals surface area contributed by atoms with Crippen LogP contribution in [0.2, 0.25) is 0 Å². The summed E-state index contributed by atoms with van der Waals surface area (Å²) in [7, 11) is 0. The van der Waals surface area contributed by atoms with Gasteiger partial charge in [0.25, 0.3) is 0 Å². The van der Waals surface area contributed by atoms with Gasteiger partial charge in [-0.05, 0) is 42.5 Å². The number of hydrogen-bond donors (Lipinski definition) is 4. The van der Waals surface area contributed by atoms with E-state index in [0.717, 1.165) is 5.69 Å². The van der Waals surface area contributed by atoms with Crippen molar-refractivity contribution in [3.05, 3.63) is 66.0 Å². The SMILES string of the molecule is O=C(NCCNc1ccc(Nc2cccnc2)nn1)Nc1cc(C(F)(F)F)cc(C(F)(F)F)c1. The molecule has 0 bridgehead atoms. The summed E-state index contributed by atoms with van der Waals surface area (Å²) in [6.45, 7) is 0.155. The number of carbonyl (C=O) groups is 1. The average Bonchev–Trinajstić information content (AvgIpc) is 2.77. The van der Waals surface area contributed by atoms with E-state index in [-0.39, 0.29) is 19.2 Å². The fourth-order valence-corrected chi connectivity index (χ4v) is 2.65. The summed E-state index contributed by atoms with van der Waals surface area (Å²) in [5.41, 5.74) is -2.98. The molecule has 0 atom stereocenters. The third kappa shape index (κ3) is 7.21. The van der Waals surface area contributed by atoms with Gasteiger partial charge < -0.3 is 21.3 Å². The predicted molar refractivity (Wildman–Crippen MR) is 112 cm³/mol. The van der Waals surface area contributed by atoms with E-state index >= 15 is 0 Å². The molecule has 0 aliphatic rings. The number of alkyl halides is 6. The van der Waals surface area contributed by atoms with Crippen molar-refractivity contribution in [2.24, 2.45) is 0 Å². The fourth-order valence-electron chi connectivity index (χ4n) is 2.65. The van der Waals surface area contributed by atoms with Crippen LogP contribution < -0.4 is 21.3 Å². The highest BCUT2D eigenvalue weighted by Crippen LogP contribution is 2.37. The van der Waals surface area contributed by atoms with E-state index in [1.807, 2.05) is 5.32 Å². The lowest BCUT2D eigenvalue weighted by molar-refractivity contribution is -0.143. The van der Waals surface area contributed by atoms with Crippen LogP contribution in [0.3, 0.4) is 0 Å². The molecule has 2 aromatic heterocycles. The van der Waals surface area contributed by atoms with Crippen molar-refractivity contribution in [2.75, 3.05) is 29.0 Å². The summed E-state index contributed by atoms with van der Waals surface area (Å²) in [4.78, 5) is 15.9. The molecule has 0 aliphatic heterocycles. The monoisotopic (exact) mass is 485 g/mol. The number of urea groups is 1. The molecule has 3 aromatic rings. The van der Waals surface area contributed by atoms with Crippen LogP contribution in [0.5, 0.6) is 0 Å². The van der Waals surface area contributed by atoms with E-state index in [9.17, 15) is 31.1 Å². The Balaban J connectivity index is 1.49. The third-order valence-electron chi connectivity index (χ3n) is 4.16. The Labute approximate surface area is 188 Å². The van der Waals surface area contributed by atoms with Crippen LogP contribution in [0, 0.1) is 0 Å². The molecule has 0 aliphatic carbocycles. The standard InChI is InChI=1S/C20H17F6N7O/c21-19(22,23)12-8-13(20(24,25)26)10-15(9-12)31-18(34)29-7-6-28-16-3-4-17(33-32-16)30-14-2-1-5-27-11-14/h1-5,8-11H,6-7H2,(H,28,32)(H,30,33)(H2,29,31,34). The first-order chi connectivity index (χ1) is 16.0. The van der Waals surface area contributed by atoms with Gasteiger partial charge in [-0.1, -0.05) is 0 Å². The number of anilines is 4. The maximum atomic E-state index is 12.9. The molecule has 0 spiro atoms. The van der Waals surface area contributed by atoms with Crippen molar-refractivity contribution in [1.82, 2.24) is 20.5 Å². The highest BCUT2D eigenvalue weighted by molar-refractivity contribution is 5.89. The second kappa shape index (κ2) is 10.2. The number of hydrogen-bond acceptors (Lipinski definition) is 6. The minimum atomic E-state index is -5.01. The van der Waals surface area contributed by atoms with E-state index < -0.39 is 35.2 Å². The van der Waals surface area contributed by atoms with Crippen LogP contribution in [-0.2, 0) is 12.4 Å². The number of rotatable bonds is 7. The number of nitrogens with zero attached hydrogens (tertiary/aromatic N) is 3. The minimum absolute atomic E-state index is 0.00567. The van der Waals surface area contributed by atoms with Gasteiger partial charge in [0.15, 0.2) is 5.82 Å². The van der Waals surface area contributed by atoms with Gasteiger partial charge in [0.05, 0.1) is 23.0 Å². The molecule has 2 heterocycles. The van der Waals surface area contributed by atoms with Gasteiger partial charge in [0.1, 0.15) is 5.82 Å². The summed E-state index contributed by atoms with van der Waals surface area (Å²) in [5.74, 6) is 0.849. The lowest BCUT2D eigenvalue weighted by atomic mass is 10.1. The van der Waals surface area contributed by atoms with Crippen LogP contribution in [0.15, 0.2) is 54.9 Å². The van der Waals surface area contributed by atoms with Crippen molar-refractivity contribution >= 4 is 29.0 Å². The Morgan fingerprint density at radius 1 is 0.824 bits per heavy atom. The van der Waals surface area contributed by atoms with Crippen molar-refractivity contribution in [2.45, 2.75) is 12.4 Å². The minimum Gasteiger partial charge on any atom is -0.367 e. The molecule has 1 aromatic carbocycles. The van der Waals surface area contributed by atoms with Gasteiger partial charge in [-0.3, -0.25) is 4.98 Å². The number of amides is 2. The molecule has 4 N–H and O–H groups in total.